The second kappa shape index (κ2) is 4.06. The van der Waals surface area contributed by atoms with E-state index in [2.05, 4.69) is 27.0 Å². The van der Waals surface area contributed by atoms with Crippen molar-refractivity contribution in [1.82, 2.24) is 4.98 Å². The molecule has 0 N–H and O–H groups in total. The molecule has 0 saturated heterocycles. The molecule has 0 radical (unpaired) electrons. The van der Waals surface area contributed by atoms with E-state index in [1.807, 2.05) is 39.0 Å². The van der Waals surface area contributed by atoms with Crippen molar-refractivity contribution in [3.05, 3.63) is 34.9 Å². The van der Waals surface area contributed by atoms with E-state index in [1.165, 1.54) is 0 Å². The van der Waals surface area contributed by atoms with Gasteiger partial charge in [-0.05, 0) is 42.8 Å². The monoisotopic (exact) mass is 279 g/mol. The Morgan fingerprint density at radius 2 is 1.75 bits per heavy atom. The van der Waals surface area contributed by atoms with Gasteiger partial charge in [-0.2, -0.15) is 0 Å². The summed E-state index contributed by atoms with van der Waals surface area (Å²) in [6.07, 6.45) is 1.78. The van der Waals surface area contributed by atoms with Gasteiger partial charge in [0.2, 0.25) is 5.88 Å². The summed E-state index contributed by atoms with van der Waals surface area (Å²) in [7, 11) is 0. The van der Waals surface area contributed by atoms with Gasteiger partial charge in [0.1, 0.15) is 5.60 Å². The fraction of sp³-hybridized carbons (Fsp3) is 0.308. The molecule has 1 aromatic carbocycles. The summed E-state index contributed by atoms with van der Waals surface area (Å²) >= 11 is 3.49. The van der Waals surface area contributed by atoms with E-state index >= 15 is 0 Å². The Labute approximate surface area is 104 Å². The Bertz CT molecular complexity index is 517. The van der Waals surface area contributed by atoms with E-state index < -0.39 is 0 Å². The summed E-state index contributed by atoms with van der Waals surface area (Å²) in [5.74, 6) is 0.686. The third-order valence-corrected chi connectivity index (χ3v) is 2.74. The lowest BCUT2D eigenvalue weighted by atomic mass is 10.1. The summed E-state index contributed by atoms with van der Waals surface area (Å²) in [4.78, 5) is 4.32. The summed E-state index contributed by atoms with van der Waals surface area (Å²) < 4.78 is 6.83. The fourth-order valence-corrected chi connectivity index (χ4v) is 1.95. The molecule has 0 atom stereocenters. The maximum atomic E-state index is 5.84. The Morgan fingerprint density at radius 3 is 2.38 bits per heavy atom. The Kier molecular flexibility index (Phi) is 2.89. The van der Waals surface area contributed by atoms with Crippen LogP contribution in [0.3, 0.4) is 0 Å². The highest BCUT2D eigenvalue weighted by Crippen LogP contribution is 2.30. The van der Waals surface area contributed by atoms with Gasteiger partial charge in [-0.15, -0.1) is 0 Å². The Morgan fingerprint density at radius 1 is 1.12 bits per heavy atom. The van der Waals surface area contributed by atoms with E-state index in [1.54, 1.807) is 6.20 Å². The number of rotatable bonds is 1. The van der Waals surface area contributed by atoms with Gasteiger partial charge in [-0.3, -0.25) is 0 Å². The highest BCUT2D eigenvalue weighted by molar-refractivity contribution is 9.10. The fourth-order valence-electron chi connectivity index (χ4n) is 1.50. The first-order valence-electron chi connectivity index (χ1n) is 5.20. The number of aromatic nitrogens is 1. The molecule has 0 aliphatic carbocycles. The molecule has 0 amide bonds. The summed E-state index contributed by atoms with van der Waals surface area (Å²) in [6, 6.07) is 8.07. The number of nitrogens with zero attached hydrogens (tertiary/aromatic N) is 1. The predicted molar refractivity (Wildman–Crippen MR) is 69.8 cm³/mol. The predicted octanol–water partition coefficient (Wildman–Crippen LogP) is 4.17. The zero-order chi connectivity index (χ0) is 11.8. The van der Waals surface area contributed by atoms with Gasteiger partial charge in [-0.1, -0.05) is 18.2 Å². The van der Waals surface area contributed by atoms with Crippen molar-refractivity contribution in [2.75, 3.05) is 0 Å². The number of fused-ring (bicyclic) bond motifs is 1. The molecule has 0 unspecified atom stereocenters. The molecule has 0 spiro atoms. The van der Waals surface area contributed by atoms with Crippen molar-refractivity contribution in [3.8, 4) is 5.88 Å². The molecular weight excluding hydrogens is 266 g/mol. The first-order valence-corrected chi connectivity index (χ1v) is 5.99. The molecular formula is C13H14BrNO. The topological polar surface area (TPSA) is 22.1 Å². The zero-order valence-corrected chi connectivity index (χ0v) is 11.2. The molecule has 16 heavy (non-hydrogen) atoms. The van der Waals surface area contributed by atoms with Crippen molar-refractivity contribution >= 4 is 26.7 Å². The van der Waals surface area contributed by atoms with Crippen LogP contribution in [0.2, 0.25) is 0 Å². The van der Waals surface area contributed by atoms with Crippen LogP contribution in [0.5, 0.6) is 5.88 Å². The molecule has 1 heterocycles. The second-order valence-electron chi connectivity index (χ2n) is 4.67. The molecule has 84 valence electrons. The maximum Gasteiger partial charge on any atom is 0.221 e. The lowest BCUT2D eigenvalue weighted by Crippen LogP contribution is -2.23. The molecule has 2 rings (SSSR count). The Balaban J connectivity index is 2.59. The molecule has 0 aliphatic heterocycles. The molecule has 1 aromatic heterocycles. The van der Waals surface area contributed by atoms with E-state index in [0.717, 1.165) is 15.2 Å². The van der Waals surface area contributed by atoms with Crippen LogP contribution in [0.1, 0.15) is 20.8 Å². The summed E-state index contributed by atoms with van der Waals surface area (Å²) in [5.41, 5.74) is -0.233. The molecule has 2 nitrogen and oxygen atoms in total. The number of benzene rings is 1. The average Bonchev–Trinajstić information content (AvgIpc) is 2.21. The van der Waals surface area contributed by atoms with Crippen LogP contribution in [0.25, 0.3) is 10.8 Å². The summed E-state index contributed by atoms with van der Waals surface area (Å²) in [5, 5.41) is 2.16. The van der Waals surface area contributed by atoms with Crippen LogP contribution in [0, 0.1) is 0 Å². The number of pyridine rings is 1. The molecule has 0 fully saturated rings. The first kappa shape index (κ1) is 11.4. The van der Waals surface area contributed by atoms with E-state index in [4.69, 9.17) is 4.74 Å². The standard InChI is InChI=1S/C13H14BrNO/c1-13(2,3)16-12-10-7-5-4-6-9(10)11(14)8-15-12/h4-8H,1-3H3. The van der Waals surface area contributed by atoms with Crippen LogP contribution < -0.4 is 4.74 Å². The smallest absolute Gasteiger partial charge is 0.221 e. The first-order chi connectivity index (χ1) is 7.47. The van der Waals surface area contributed by atoms with Crippen molar-refractivity contribution < 1.29 is 4.74 Å². The maximum absolute atomic E-state index is 5.84. The third kappa shape index (κ3) is 2.35. The van der Waals surface area contributed by atoms with Crippen molar-refractivity contribution in [1.29, 1.82) is 0 Å². The average molecular weight is 280 g/mol. The minimum Gasteiger partial charge on any atom is -0.471 e. The molecule has 0 bridgehead atoms. The lowest BCUT2D eigenvalue weighted by molar-refractivity contribution is 0.126. The third-order valence-electron chi connectivity index (χ3n) is 2.11. The lowest BCUT2D eigenvalue weighted by Gasteiger charge is -2.21. The van der Waals surface area contributed by atoms with Crippen molar-refractivity contribution in [2.24, 2.45) is 0 Å². The van der Waals surface area contributed by atoms with Gasteiger partial charge >= 0.3 is 0 Å². The minimum absolute atomic E-state index is 0.233. The van der Waals surface area contributed by atoms with Crippen LogP contribution in [0.4, 0.5) is 0 Å². The number of hydrogen-bond donors (Lipinski definition) is 0. The SMILES string of the molecule is CC(C)(C)Oc1ncc(Br)c2ccccc12. The van der Waals surface area contributed by atoms with Gasteiger partial charge in [-0.25, -0.2) is 4.98 Å². The highest BCUT2D eigenvalue weighted by atomic mass is 79.9. The number of ether oxygens (including phenoxy) is 1. The van der Waals surface area contributed by atoms with Crippen molar-refractivity contribution in [3.63, 3.8) is 0 Å². The van der Waals surface area contributed by atoms with Gasteiger partial charge in [0.05, 0.1) is 0 Å². The minimum atomic E-state index is -0.233. The van der Waals surface area contributed by atoms with Crippen LogP contribution >= 0.6 is 15.9 Å². The normalized spacial score (nSPS) is 11.8. The van der Waals surface area contributed by atoms with Crippen molar-refractivity contribution in [2.45, 2.75) is 26.4 Å². The van der Waals surface area contributed by atoms with E-state index in [9.17, 15) is 0 Å². The van der Waals surface area contributed by atoms with Gasteiger partial charge in [0.15, 0.2) is 0 Å². The summed E-state index contributed by atoms with van der Waals surface area (Å²) in [6.45, 7) is 6.06. The van der Waals surface area contributed by atoms with E-state index in [-0.39, 0.29) is 5.60 Å². The number of hydrogen-bond acceptors (Lipinski definition) is 2. The molecule has 3 heteroatoms. The van der Waals surface area contributed by atoms with Gasteiger partial charge in [0.25, 0.3) is 0 Å². The Hall–Kier alpha value is -1.09. The van der Waals surface area contributed by atoms with Gasteiger partial charge in [0, 0.05) is 21.4 Å². The zero-order valence-electron chi connectivity index (χ0n) is 9.62. The van der Waals surface area contributed by atoms with E-state index in [0.29, 0.717) is 5.88 Å². The number of halogens is 1. The van der Waals surface area contributed by atoms with Crippen LogP contribution in [-0.4, -0.2) is 10.6 Å². The van der Waals surface area contributed by atoms with Gasteiger partial charge < -0.3 is 4.74 Å². The molecule has 0 aliphatic rings. The second-order valence-corrected chi connectivity index (χ2v) is 5.53. The van der Waals surface area contributed by atoms with Crippen LogP contribution in [-0.2, 0) is 0 Å². The largest absolute Gasteiger partial charge is 0.471 e. The quantitative estimate of drug-likeness (QED) is 0.782. The molecule has 2 aromatic rings. The van der Waals surface area contributed by atoms with Crippen LogP contribution in [0.15, 0.2) is 34.9 Å². The highest BCUT2D eigenvalue weighted by Gasteiger charge is 2.15. The molecule has 0 saturated carbocycles.